The van der Waals surface area contributed by atoms with Crippen molar-refractivity contribution in [3.05, 3.63) is 65.7 Å². The Labute approximate surface area is 171 Å². The Morgan fingerprint density at radius 3 is 2.41 bits per heavy atom. The van der Waals surface area contributed by atoms with Crippen LogP contribution in [0, 0.1) is 5.92 Å². The fourth-order valence-electron chi connectivity index (χ4n) is 3.23. The zero-order chi connectivity index (χ0) is 20.8. The maximum absolute atomic E-state index is 12.8. The van der Waals surface area contributed by atoms with Gasteiger partial charge in [-0.15, -0.1) is 0 Å². The minimum absolute atomic E-state index is 0.180. The number of carbonyl (C=O) groups is 2. The number of benzene rings is 2. The molecule has 0 saturated carbocycles. The molecule has 152 valence electrons. The average Bonchev–Trinajstić information content (AvgIpc) is 3.18. The number of hydrazone groups is 1. The Morgan fingerprint density at radius 2 is 1.79 bits per heavy atom. The van der Waals surface area contributed by atoms with Crippen molar-refractivity contribution >= 4 is 17.6 Å². The summed E-state index contributed by atoms with van der Waals surface area (Å²) >= 11 is 0. The molecule has 0 N–H and O–H groups in total. The van der Waals surface area contributed by atoms with Crippen molar-refractivity contribution in [2.75, 3.05) is 13.7 Å². The van der Waals surface area contributed by atoms with E-state index in [1.54, 1.807) is 7.11 Å². The van der Waals surface area contributed by atoms with Crippen molar-refractivity contribution in [1.82, 2.24) is 5.01 Å². The van der Waals surface area contributed by atoms with Gasteiger partial charge in [0.1, 0.15) is 5.75 Å². The number of hydrogen-bond acceptors (Lipinski definition) is 5. The number of methoxy groups -OCH3 is 1. The zero-order valence-corrected chi connectivity index (χ0v) is 17.0. The predicted molar refractivity (Wildman–Crippen MR) is 111 cm³/mol. The van der Waals surface area contributed by atoms with Crippen LogP contribution in [0.25, 0.3) is 0 Å². The van der Waals surface area contributed by atoms with Crippen LogP contribution in [0.4, 0.5) is 0 Å². The Balaban J connectivity index is 1.80. The summed E-state index contributed by atoms with van der Waals surface area (Å²) in [6.45, 7) is 3.54. The van der Waals surface area contributed by atoms with Gasteiger partial charge in [-0.3, -0.25) is 9.59 Å². The standard InChI is InChI=1S/C23H26N2O4/c1-16(2)13-23(27)29-15-22(26)25-21(18-9-11-19(28-3)12-10-18)14-20(24-25)17-7-5-4-6-8-17/h4-12,16,21H,13-15H2,1-3H3/t21-/m0/s1. The van der Waals surface area contributed by atoms with Crippen molar-refractivity contribution in [2.45, 2.75) is 32.7 Å². The molecule has 0 radical (unpaired) electrons. The molecule has 0 bridgehead atoms. The van der Waals surface area contributed by atoms with Gasteiger partial charge >= 0.3 is 5.97 Å². The Bertz CT molecular complexity index is 876. The molecule has 1 heterocycles. The van der Waals surface area contributed by atoms with Gasteiger partial charge in [-0.05, 0) is 29.2 Å². The monoisotopic (exact) mass is 394 g/mol. The highest BCUT2D eigenvalue weighted by molar-refractivity contribution is 6.03. The van der Waals surface area contributed by atoms with E-state index >= 15 is 0 Å². The van der Waals surface area contributed by atoms with Crippen molar-refractivity contribution in [3.63, 3.8) is 0 Å². The topological polar surface area (TPSA) is 68.2 Å². The first-order valence-electron chi connectivity index (χ1n) is 9.72. The molecule has 0 aromatic heterocycles. The fourth-order valence-corrected chi connectivity index (χ4v) is 3.23. The van der Waals surface area contributed by atoms with Crippen LogP contribution in [0.2, 0.25) is 0 Å². The fraction of sp³-hybridized carbons (Fsp3) is 0.348. The number of ether oxygens (including phenoxy) is 2. The maximum atomic E-state index is 12.8. The molecule has 6 heteroatoms. The van der Waals surface area contributed by atoms with Gasteiger partial charge in [0.05, 0.1) is 18.9 Å². The summed E-state index contributed by atoms with van der Waals surface area (Å²) in [5, 5.41) is 6.01. The van der Waals surface area contributed by atoms with Crippen LogP contribution in [0.1, 0.15) is 43.9 Å². The number of esters is 1. The summed E-state index contributed by atoms with van der Waals surface area (Å²) in [4.78, 5) is 24.7. The van der Waals surface area contributed by atoms with Gasteiger partial charge in [0.15, 0.2) is 6.61 Å². The average molecular weight is 394 g/mol. The van der Waals surface area contributed by atoms with Crippen LogP contribution in [0.15, 0.2) is 59.7 Å². The molecular formula is C23H26N2O4. The van der Waals surface area contributed by atoms with E-state index < -0.39 is 0 Å². The second kappa shape index (κ2) is 9.37. The first-order valence-corrected chi connectivity index (χ1v) is 9.72. The molecule has 0 saturated heterocycles. The number of rotatable bonds is 7. The highest BCUT2D eigenvalue weighted by Gasteiger charge is 2.33. The zero-order valence-electron chi connectivity index (χ0n) is 17.0. The minimum Gasteiger partial charge on any atom is -0.497 e. The number of amides is 1. The SMILES string of the molecule is COc1ccc([C@@H]2CC(c3ccccc3)=NN2C(=O)COC(=O)CC(C)C)cc1. The number of hydrogen-bond donors (Lipinski definition) is 0. The molecule has 0 fully saturated rings. The summed E-state index contributed by atoms with van der Waals surface area (Å²) in [6, 6.07) is 17.1. The van der Waals surface area contributed by atoms with Crippen molar-refractivity contribution in [2.24, 2.45) is 11.0 Å². The van der Waals surface area contributed by atoms with E-state index in [0.717, 1.165) is 22.6 Å². The van der Waals surface area contributed by atoms with Gasteiger partial charge < -0.3 is 9.47 Å². The lowest BCUT2D eigenvalue weighted by atomic mass is 9.98. The Hall–Kier alpha value is -3.15. The van der Waals surface area contributed by atoms with Gasteiger partial charge in [0, 0.05) is 12.8 Å². The first-order chi connectivity index (χ1) is 14.0. The lowest BCUT2D eigenvalue weighted by Crippen LogP contribution is -2.31. The summed E-state index contributed by atoms with van der Waals surface area (Å²) in [5.41, 5.74) is 2.74. The smallest absolute Gasteiger partial charge is 0.306 e. The van der Waals surface area contributed by atoms with E-state index in [9.17, 15) is 9.59 Å². The summed E-state index contributed by atoms with van der Waals surface area (Å²) in [5.74, 6) is 0.213. The number of carbonyl (C=O) groups excluding carboxylic acids is 2. The third kappa shape index (κ3) is 5.22. The minimum atomic E-state index is -0.374. The van der Waals surface area contributed by atoms with Gasteiger partial charge in [0.2, 0.25) is 0 Å². The van der Waals surface area contributed by atoms with Gasteiger partial charge in [-0.25, -0.2) is 5.01 Å². The summed E-state index contributed by atoms with van der Waals surface area (Å²) < 4.78 is 10.4. The number of nitrogens with zero attached hydrogens (tertiary/aromatic N) is 2. The third-order valence-corrected chi connectivity index (χ3v) is 4.71. The van der Waals surface area contributed by atoms with Crippen LogP contribution in [-0.2, 0) is 14.3 Å². The second-order valence-corrected chi connectivity index (χ2v) is 7.40. The first kappa shape index (κ1) is 20.6. The molecule has 0 aliphatic carbocycles. The van der Waals surface area contributed by atoms with Crippen LogP contribution in [0.3, 0.4) is 0 Å². The van der Waals surface area contributed by atoms with Crippen LogP contribution in [-0.4, -0.2) is 36.3 Å². The maximum Gasteiger partial charge on any atom is 0.306 e. The van der Waals surface area contributed by atoms with Gasteiger partial charge in [-0.2, -0.15) is 5.10 Å². The molecule has 3 rings (SSSR count). The van der Waals surface area contributed by atoms with E-state index in [4.69, 9.17) is 9.47 Å². The quantitative estimate of drug-likeness (QED) is 0.667. The Morgan fingerprint density at radius 1 is 1.10 bits per heavy atom. The molecular weight excluding hydrogens is 368 g/mol. The van der Waals surface area contributed by atoms with Crippen molar-refractivity contribution in [3.8, 4) is 5.75 Å². The lowest BCUT2D eigenvalue weighted by molar-refractivity contribution is -0.153. The third-order valence-electron chi connectivity index (χ3n) is 4.71. The van der Waals surface area contributed by atoms with Crippen LogP contribution >= 0.6 is 0 Å². The van der Waals surface area contributed by atoms with E-state index in [1.165, 1.54) is 5.01 Å². The largest absolute Gasteiger partial charge is 0.497 e. The summed E-state index contributed by atoms with van der Waals surface area (Å²) in [6.07, 6.45) is 0.871. The van der Waals surface area contributed by atoms with E-state index in [1.807, 2.05) is 68.4 Å². The summed E-state index contributed by atoms with van der Waals surface area (Å²) in [7, 11) is 1.61. The van der Waals surface area contributed by atoms with E-state index in [0.29, 0.717) is 6.42 Å². The van der Waals surface area contributed by atoms with Crippen molar-refractivity contribution < 1.29 is 19.1 Å². The lowest BCUT2D eigenvalue weighted by Gasteiger charge is -2.22. The molecule has 6 nitrogen and oxygen atoms in total. The second-order valence-electron chi connectivity index (χ2n) is 7.40. The predicted octanol–water partition coefficient (Wildman–Crippen LogP) is 3.96. The molecule has 29 heavy (non-hydrogen) atoms. The molecule has 1 atom stereocenters. The van der Waals surface area contributed by atoms with E-state index in [2.05, 4.69) is 5.10 Å². The highest BCUT2D eigenvalue weighted by atomic mass is 16.5. The normalized spacial score (nSPS) is 15.9. The molecule has 0 unspecified atom stereocenters. The van der Waals surface area contributed by atoms with Crippen molar-refractivity contribution in [1.29, 1.82) is 0 Å². The van der Waals surface area contributed by atoms with Crippen LogP contribution in [0.5, 0.6) is 5.75 Å². The molecule has 0 spiro atoms. The molecule has 1 aliphatic heterocycles. The Kier molecular flexibility index (Phi) is 6.65. The molecule has 1 aliphatic rings. The van der Waals surface area contributed by atoms with Gasteiger partial charge in [0.25, 0.3) is 5.91 Å². The van der Waals surface area contributed by atoms with Gasteiger partial charge in [-0.1, -0.05) is 56.3 Å². The van der Waals surface area contributed by atoms with Crippen LogP contribution < -0.4 is 4.74 Å². The molecule has 1 amide bonds. The highest BCUT2D eigenvalue weighted by Crippen LogP contribution is 2.33. The molecule has 2 aromatic rings. The molecule has 2 aromatic carbocycles. The van der Waals surface area contributed by atoms with E-state index in [-0.39, 0.29) is 36.9 Å².